The molecule has 0 aromatic carbocycles. The van der Waals surface area contributed by atoms with Crippen molar-refractivity contribution >= 4 is 29.2 Å². The number of ether oxygens (including phenoxy) is 3. The first-order valence-corrected chi connectivity index (χ1v) is 25.2. The van der Waals surface area contributed by atoms with E-state index in [-0.39, 0.29) is 86.2 Å². The lowest BCUT2D eigenvalue weighted by atomic mass is 9.74. The van der Waals surface area contributed by atoms with Crippen LogP contribution in [0.15, 0.2) is 53.9 Å². The molecule has 0 spiro atoms. The number of ketones is 3. The molecule has 69 heavy (non-hydrogen) atoms. The van der Waals surface area contributed by atoms with Crippen LogP contribution in [0.3, 0.4) is 0 Å². The Morgan fingerprint density at radius 1 is 0.928 bits per heavy atom. The number of allylic oxidation sites excluding steroid dienone is 6. The van der Waals surface area contributed by atoms with Crippen molar-refractivity contribution in [2.75, 3.05) is 26.9 Å². The Balaban J connectivity index is 1.46. The molecule has 1 aliphatic carbocycles. The van der Waals surface area contributed by atoms with Gasteiger partial charge in [-0.05, 0) is 118 Å². The highest BCUT2D eigenvalue weighted by atomic mass is 16.6. The average Bonchev–Trinajstić information content (AvgIpc) is 3.88. The third kappa shape index (κ3) is 14.2. The number of cyclic esters (lactones) is 1. The monoisotopic (exact) mass is 966 g/mol. The van der Waals surface area contributed by atoms with E-state index in [4.69, 9.17) is 14.2 Å². The summed E-state index contributed by atoms with van der Waals surface area (Å²) >= 11 is 0. The van der Waals surface area contributed by atoms with Crippen LogP contribution in [-0.4, -0.2) is 138 Å². The molecule has 1 unspecified atom stereocenters. The molecule has 17 nitrogen and oxygen atoms in total. The summed E-state index contributed by atoms with van der Waals surface area (Å²) in [5, 5.41) is 55.9. The van der Waals surface area contributed by atoms with E-state index >= 15 is 0 Å². The highest BCUT2D eigenvalue weighted by molar-refractivity contribution is 6.39. The zero-order valence-electron chi connectivity index (χ0n) is 42.0. The number of methoxy groups -OCH3 is 1. The van der Waals surface area contributed by atoms with Crippen LogP contribution in [0.4, 0.5) is 0 Å². The lowest BCUT2D eigenvalue weighted by Gasteiger charge is -2.43. The number of amides is 1. The number of esters is 1. The summed E-state index contributed by atoms with van der Waals surface area (Å²) in [6.45, 7) is 12.3. The topological polar surface area (TPSA) is 241 Å². The van der Waals surface area contributed by atoms with E-state index in [1.807, 2.05) is 51.2 Å². The molecule has 2 bridgehead atoms. The second-order valence-corrected chi connectivity index (χ2v) is 20.7. The molecular weight excluding hydrogens is 887 g/mol. The predicted octanol–water partition coefficient (Wildman–Crippen LogP) is 5.23. The molecule has 2 saturated heterocycles. The number of tetrazole rings is 1. The zero-order valence-corrected chi connectivity index (χ0v) is 42.0. The molecule has 3 fully saturated rings. The van der Waals surface area contributed by atoms with Gasteiger partial charge in [-0.2, -0.15) is 0 Å². The van der Waals surface area contributed by atoms with Crippen molar-refractivity contribution in [2.45, 2.75) is 168 Å². The standard InChI is InChI=1S/C52H79N5O12/c1-31-14-10-9-11-15-32(2)39(28-58)26-41-19-17-37(7)52(66,69-41)49(63)50(64)56-21-13-12-16-43(56)51(65)68-45(34(4)24-38-18-20-42(40(25-38)29-59)57-30-53-54-55-57)27-44(60)33(3)23-36(6)47(62)48(67-8)46(61)35(5)22-31/h9-11,14-15,23,30-31,34-43,45,47-48,58-59,62,66H,12-13,16-22,24-29H2,1-8H3/t31-,34-,35-,36?,37-,38+,39-,40+,41+,42+,43+,45+,47-,48+,52-/m1/s1. The quantitative estimate of drug-likeness (QED) is 0.202. The molecule has 17 heteroatoms. The van der Waals surface area contributed by atoms with E-state index in [9.17, 15) is 44.4 Å². The fourth-order valence-corrected chi connectivity index (χ4v) is 10.9. The van der Waals surface area contributed by atoms with E-state index in [1.54, 1.807) is 44.8 Å². The highest BCUT2D eigenvalue weighted by Gasteiger charge is 2.53. The number of piperidine rings is 1. The highest BCUT2D eigenvalue weighted by Crippen LogP contribution is 2.41. The Morgan fingerprint density at radius 3 is 2.36 bits per heavy atom. The number of aliphatic hydroxyl groups excluding tert-OH is 3. The molecule has 1 aromatic rings. The van der Waals surface area contributed by atoms with Crippen LogP contribution in [0.2, 0.25) is 0 Å². The third-order valence-electron chi connectivity index (χ3n) is 15.5. The van der Waals surface area contributed by atoms with E-state index in [2.05, 4.69) is 15.5 Å². The number of aliphatic hydroxyl groups is 4. The number of fused-ring (bicyclic) bond motifs is 3. The maximum atomic E-state index is 14.5. The second-order valence-electron chi connectivity index (χ2n) is 20.7. The van der Waals surface area contributed by atoms with Crippen LogP contribution < -0.4 is 0 Å². The first kappa shape index (κ1) is 55.7. The smallest absolute Gasteiger partial charge is 0.329 e. The third-order valence-corrected chi connectivity index (χ3v) is 15.5. The average molecular weight is 966 g/mol. The molecule has 1 saturated carbocycles. The van der Waals surface area contributed by atoms with Gasteiger partial charge in [0.15, 0.2) is 11.6 Å². The van der Waals surface area contributed by atoms with Crippen molar-refractivity contribution in [2.24, 2.45) is 47.3 Å². The number of rotatable bonds is 7. The predicted molar refractivity (Wildman–Crippen MR) is 256 cm³/mol. The van der Waals surface area contributed by atoms with Gasteiger partial charge >= 0.3 is 5.97 Å². The zero-order chi connectivity index (χ0) is 50.6. The first-order valence-electron chi connectivity index (χ1n) is 25.2. The van der Waals surface area contributed by atoms with E-state index in [1.165, 1.54) is 12.0 Å². The van der Waals surface area contributed by atoms with Crippen molar-refractivity contribution in [3.8, 4) is 0 Å². The summed E-state index contributed by atoms with van der Waals surface area (Å²) in [6, 6.07) is -1.26. The molecule has 384 valence electrons. The normalized spacial score (nSPS) is 36.3. The summed E-state index contributed by atoms with van der Waals surface area (Å²) in [5.74, 6) is -8.71. The van der Waals surface area contributed by atoms with Crippen molar-refractivity contribution in [3.63, 3.8) is 0 Å². The van der Waals surface area contributed by atoms with Crippen LogP contribution in [-0.2, 0) is 38.2 Å². The summed E-state index contributed by atoms with van der Waals surface area (Å²) in [6.07, 6.45) is 13.9. The van der Waals surface area contributed by atoms with E-state index < -0.39 is 71.7 Å². The van der Waals surface area contributed by atoms with Gasteiger partial charge in [-0.3, -0.25) is 19.2 Å². The molecule has 0 radical (unpaired) electrons. The lowest BCUT2D eigenvalue weighted by Crippen LogP contribution is -2.60. The van der Waals surface area contributed by atoms with Crippen molar-refractivity contribution in [3.05, 3.63) is 53.9 Å². The fraction of sp³-hybridized carbons (Fsp3) is 0.731. The van der Waals surface area contributed by atoms with Crippen molar-refractivity contribution < 1.29 is 58.6 Å². The van der Waals surface area contributed by atoms with Crippen molar-refractivity contribution in [1.82, 2.24) is 25.1 Å². The van der Waals surface area contributed by atoms with E-state index in [0.717, 1.165) is 12.0 Å². The van der Waals surface area contributed by atoms with Gasteiger partial charge in [-0.15, -0.1) is 5.10 Å². The van der Waals surface area contributed by atoms with Crippen LogP contribution in [0, 0.1) is 47.3 Å². The Labute approximate surface area is 407 Å². The van der Waals surface area contributed by atoms with Gasteiger partial charge < -0.3 is 39.5 Å². The first-order chi connectivity index (χ1) is 32.8. The Kier molecular flexibility index (Phi) is 20.8. The fourth-order valence-electron chi connectivity index (χ4n) is 10.9. The van der Waals surface area contributed by atoms with Gasteiger partial charge in [-0.1, -0.05) is 76.6 Å². The lowest BCUT2D eigenvalue weighted by molar-refractivity contribution is -0.265. The molecule has 4 aliphatic rings. The number of carbonyl (C=O) groups is 5. The summed E-state index contributed by atoms with van der Waals surface area (Å²) < 4.78 is 19.7. The van der Waals surface area contributed by atoms with Gasteiger partial charge in [0.05, 0.1) is 18.2 Å². The van der Waals surface area contributed by atoms with Gasteiger partial charge in [0.25, 0.3) is 11.7 Å². The van der Waals surface area contributed by atoms with Gasteiger partial charge in [0.2, 0.25) is 5.79 Å². The number of carbonyl (C=O) groups excluding carboxylic acids is 5. The Bertz CT molecular complexity index is 2020. The Morgan fingerprint density at radius 2 is 1.68 bits per heavy atom. The van der Waals surface area contributed by atoms with Crippen LogP contribution in [0.25, 0.3) is 0 Å². The molecule has 1 amide bonds. The number of nitrogens with zero attached hydrogens (tertiary/aromatic N) is 5. The van der Waals surface area contributed by atoms with Crippen LogP contribution in [0.1, 0.15) is 132 Å². The molecule has 3 aliphatic heterocycles. The number of hydrogen-bond donors (Lipinski definition) is 4. The maximum Gasteiger partial charge on any atom is 0.329 e. The Hall–Kier alpha value is -4.26. The van der Waals surface area contributed by atoms with Crippen LogP contribution >= 0.6 is 0 Å². The summed E-state index contributed by atoms with van der Waals surface area (Å²) in [5.41, 5.74) is 1.15. The second kappa shape index (κ2) is 25.7. The number of hydrogen-bond acceptors (Lipinski definition) is 15. The molecule has 15 atom stereocenters. The minimum atomic E-state index is -2.47. The maximum absolute atomic E-state index is 14.5. The molecular formula is C52H79N5O12. The molecule has 4 heterocycles. The summed E-state index contributed by atoms with van der Waals surface area (Å²) in [4.78, 5) is 72.1. The van der Waals surface area contributed by atoms with Crippen molar-refractivity contribution in [1.29, 1.82) is 0 Å². The minimum absolute atomic E-state index is 0.000530. The van der Waals surface area contributed by atoms with Gasteiger partial charge in [-0.25, -0.2) is 9.48 Å². The number of Topliss-reactive ketones (excluding diaryl/α,β-unsaturated/α-hetero) is 3. The molecule has 1 aromatic heterocycles. The summed E-state index contributed by atoms with van der Waals surface area (Å²) in [7, 11) is 1.38. The van der Waals surface area contributed by atoms with Gasteiger partial charge in [0.1, 0.15) is 24.6 Å². The van der Waals surface area contributed by atoms with Crippen LogP contribution in [0.5, 0.6) is 0 Å². The molecule has 4 N–H and O–H groups in total. The largest absolute Gasteiger partial charge is 0.460 e. The minimum Gasteiger partial charge on any atom is -0.460 e. The SMILES string of the molecule is CO[C@H]1C(=O)[C@H](C)C[C@H](C)C=CC=CC=C(C)[C@@H](CO)C[C@@H]2CC[C@@H](C)[C@@](O)(O2)C(=O)C(=O)N2CCCC[C@H]2C(=O)O[C@H]([C@H](C)C[C@@H]2CC[C@H](n3cnnn3)[C@H](CO)C2)CC(=O)C(C)=CC(C)[C@H]1O. The molecule has 5 rings (SSSR count). The number of aromatic nitrogens is 4. The van der Waals surface area contributed by atoms with Gasteiger partial charge in [0, 0.05) is 62.9 Å². The van der Waals surface area contributed by atoms with E-state index in [0.29, 0.717) is 56.9 Å².